The molecule has 0 fully saturated rings. The molecule has 0 saturated carbocycles. The van der Waals surface area contributed by atoms with E-state index in [1.807, 2.05) is 30.5 Å². The minimum Gasteiger partial charge on any atom is -0.384 e. The molecule has 1 radical (unpaired) electrons. The third-order valence-electron chi connectivity index (χ3n) is 1.40. The molecular weight excluding hydrogens is 199 g/mol. The Morgan fingerprint density at radius 2 is 2.20 bits per heavy atom. The van der Waals surface area contributed by atoms with E-state index in [4.69, 9.17) is 0 Å². The molecule has 0 spiro atoms. The molecule has 0 atom stereocenters. The number of hydrogen-bond acceptors (Lipinski definition) is 0. The number of nitrogens with one attached hydrogen (secondary N) is 1. The van der Waals surface area contributed by atoms with Crippen molar-refractivity contribution >= 4 is 10.9 Å². The third kappa shape index (κ3) is 1.30. The van der Waals surface area contributed by atoms with Crippen LogP contribution in [0.4, 0.5) is 0 Å². The van der Waals surface area contributed by atoms with Gasteiger partial charge in [-0.15, -0.1) is 11.5 Å². The first-order valence-corrected chi connectivity index (χ1v) is 2.90. The molecule has 47 valence electrons. The van der Waals surface area contributed by atoms with Crippen molar-refractivity contribution in [3.63, 3.8) is 0 Å². The van der Waals surface area contributed by atoms with Gasteiger partial charge in [-0.25, -0.2) is 0 Å². The maximum atomic E-state index is 3.10. The van der Waals surface area contributed by atoms with E-state index in [0.717, 1.165) is 0 Å². The van der Waals surface area contributed by atoms with Crippen molar-refractivity contribution in [2.75, 3.05) is 0 Å². The van der Waals surface area contributed by atoms with E-state index in [2.05, 4.69) is 11.1 Å². The summed E-state index contributed by atoms with van der Waals surface area (Å²) in [4.78, 5) is 3.10. The Bertz CT molecular complexity index is 283. The van der Waals surface area contributed by atoms with Crippen LogP contribution in [-0.4, -0.2) is 4.98 Å². The summed E-state index contributed by atoms with van der Waals surface area (Å²) >= 11 is 0. The summed E-state index contributed by atoms with van der Waals surface area (Å²) in [6, 6.07) is 10.9. The Morgan fingerprint density at radius 3 is 3.00 bits per heavy atom. The smallest absolute Gasteiger partial charge is 0 e. The Labute approximate surface area is 84.7 Å². The molecule has 0 amide bonds. The predicted molar refractivity (Wildman–Crippen MR) is 37.1 cm³/mol. The van der Waals surface area contributed by atoms with Crippen molar-refractivity contribution in [3.8, 4) is 0 Å². The van der Waals surface area contributed by atoms with Crippen molar-refractivity contribution < 1.29 is 32.7 Å². The summed E-state index contributed by atoms with van der Waals surface area (Å²) in [6.45, 7) is 0. The van der Waals surface area contributed by atoms with Crippen LogP contribution in [0, 0.1) is 6.07 Å². The number of fused-ring (bicyclic) bond motifs is 1. The largest absolute Gasteiger partial charge is 0.384 e. The van der Waals surface area contributed by atoms with E-state index < -0.39 is 0 Å². The van der Waals surface area contributed by atoms with Gasteiger partial charge in [-0.3, -0.25) is 0 Å². The van der Waals surface area contributed by atoms with Crippen molar-refractivity contribution in [2.45, 2.75) is 0 Å². The van der Waals surface area contributed by atoms with Crippen molar-refractivity contribution in [3.05, 3.63) is 36.5 Å². The van der Waals surface area contributed by atoms with Crippen LogP contribution in [0.3, 0.4) is 0 Å². The molecule has 0 aliphatic rings. The fourth-order valence-corrected chi connectivity index (χ4v) is 0.934. The number of hydrogen-bond donors (Lipinski definition) is 1. The first-order chi connectivity index (χ1) is 4.47. The Morgan fingerprint density at radius 1 is 1.30 bits per heavy atom. The zero-order chi connectivity index (χ0) is 6.10. The van der Waals surface area contributed by atoms with Crippen LogP contribution in [0.15, 0.2) is 30.5 Å². The second-order valence-corrected chi connectivity index (χ2v) is 1.99. The summed E-state index contributed by atoms with van der Waals surface area (Å²) in [5.74, 6) is 0. The van der Waals surface area contributed by atoms with E-state index >= 15 is 0 Å². The predicted octanol–water partition coefficient (Wildman–Crippen LogP) is 1.97. The van der Waals surface area contributed by atoms with Gasteiger partial charge >= 0.3 is 0 Å². The van der Waals surface area contributed by atoms with Gasteiger partial charge in [0.2, 0.25) is 0 Å². The first-order valence-electron chi connectivity index (χ1n) is 2.90. The molecular formula is C8H6NY-. The monoisotopic (exact) mass is 205 g/mol. The van der Waals surface area contributed by atoms with Crippen molar-refractivity contribution in [1.82, 2.24) is 4.98 Å². The van der Waals surface area contributed by atoms with Gasteiger partial charge in [0.05, 0.1) is 0 Å². The van der Waals surface area contributed by atoms with Crippen molar-refractivity contribution in [1.29, 1.82) is 0 Å². The number of H-pyrrole nitrogens is 1. The minimum absolute atomic E-state index is 0. The number of aromatic nitrogens is 1. The maximum absolute atomic E-state index is 3.10. The molecule has 2 heteroatoms. The standard InChI is InChI=1S/C8H6N.Y/c1-2-4-8-7(3-1)5-6-9-8;/h2-6,9H;/q-1;. The van der Waals surface area contributed by atoms with E-state index in [0.29, 0.717) is 0 Å². The van der Waals surface area contributed by atoms with Crippen LogP contribution in [0.5, 0.6) is 0 Å². The van der Waals surface area contributed by atoms with Gasteiger partial charge in [-0.2, -0.15) is 18.2 Å². The Kier molecular flexibility index (Phi) is 2.64. The van der Waals surface area contributed by atoms with Crippen LogP contribution in [0.1, 0.15) is 0 Å². The van der Waals surface area contributed by atoms with Gasteiger partial charge in [-0.05, 0) is 6.20 Å². The minimum atomic E-state index is 0. The topological polar surface area (TPSA) is 15.8 Å². The zero-order valence-electron chi connectivity index (χ0n) is 5.46. The quantitative estimate of drug-likeness (QED) is 0.633. The SMILES string of the molecule is [Y].[c-]1ccc2[nH]ccc2c1. The summed E-state index contributed by atoms with van der Waals surface area (Å²) in [6.07, 6.45) is 1.93. The summed E-state index contributed by atoms with van der Waals surface area (Å²) in [5.41, 5.74) is 1.17. The fourth-order valence-electron chi connectivity index (χ4n) is 0.934. The summed E-state index contributed by atoms with van der Waals surface area (Å²) < 4.78 is 0. The third-order valence-corrected chi connectivity index (χ3v) is 1.40. The fraction of sp³-hybridized carbons (Fsp3) is 0. The molecule has 0 bridgehead atoms. The number of aromatic amines is 1. The van der Waals surface area contributed by atoms with E-state index in [1.54, 1.807) is 0 Å². The molecule has 1 aromatic heterocycles. The molecule has 1 heterocycles. The van der Waals surface area contributed by atoms with Gasteiger partial charge < -0.3 is 4.98 Å². The van der Waals surface area contributed by atoms with Gasteiger partial charge in [0.1, 0.15) is 0 Å². The van der Waals surface area contributed by atoms with Crippen LogP contribution in [0.25, 0.3) is 10.9 Å². The van der Waals surface area contributed by atoms with E-state index in [1.165, 1.54) is 10.9 Å². The van der Waals surface area contributed by atoms with Gasteiger partial charge in [0.15, 0.2) is 0 Å². The molecule has 2 aromatic rings. The molecule has 10 heavy (non-hydrogen) atoms. The molecule has 1 nitrogen and oxygen atoms in total. The molecule has 2 rings (SSSR count). The molecule has 1 aromatic carbocycles. The van der Waals surface area contributed by atoms with Gasteiger partial charge in [0, 0.05) is 32.7 Å². The molecule has 1 N–H and O–H groups in total. The second kappa shape index (κ2) is 3.31. The normalized spacial score (nSPS) is 9.20. The van der Waals surface area contributed by atoms with Crippen molar-refractivity contribution in [2.24, 2.45) is 0 Å². The summed E-state index contributed by atoms with van der Waals surface area (Å²) in [5, 5.41) is 1.22. The molecule has 0 unspecified atom stereocenters. The van der Waals surface area contributed by atoms with Crippen LogP contribution < -0.4 is 0 Å². The maximum Gasteiger partial charge on any atom is 0 e. The second-order valence-electron chi connectivity index (χ2n) is 1.99. The first kappa shape index (κ1) is 7.97. The molecule has 0 aliphatic carbocycles. The number of benzene rings is 1. The van der Waals surface area contributed by atoms with Crippen LogP contribution in [-0.2, 0) is 32.7 Å². The molecule has 0 aliphatic heterocycles. The molecule has 0 saturated heterocycles. The van der Waals surface area contributed by atoms with Gasteiger partial charge in [-0.1, -0.05) is 11.6 Å². The summed E-state index contributed by atoms with van der Waals surface area (Å²) in [7, 11) is 0. The number of rotatable bonds is 0. The Balaban J connectivity index is 0.000000500. The van der Waals surface area contributed by atoms with Gasteiger partial charge in [0.25, 0.3) is 0 Å². The Hall–Kier alpha value is -0.136. The zero-order valence-corrected chi connectivity index (χ0v) is 8.30. The average molecular weight is 205 g/mol. The van der Waals surface area contributed by atoms with E-state index in [9.17, 15) is 0 Å². The van der Waals surface area contributed by atoms with Crippen LogP contribution >= 0.6 is 0 Å². The van der Waals surface area contributed by atoms with Crippen LogP contribution in [0.2, 0.25) is 0 Å². The average Bonchev–Trinajstić information content (AvgIpc) is 2.33. The van der Waals surface area contributed by atoms with E-state index in [-0.39, 0.29) is 32.7 Å².